The molecule has 6 heteroatoms. The van der Waals surface area contributed by atoms with Crippen LogP contribution in [0.2, 0.25) is 0 Å². The van der Waals surface area contributed by atoms with Gasteiger partial charge in [-0.1, -0.05) is 0 Å². The van der Waals surface area contributed by atoms with Crippen molar-refractivity contribution in [2.45, 2.75) is 44.7 Å². The van der Waals surface area contributed by atoms with Gasteiger partial charge in [0.2, 0.25) is 5.91 Å². The minimum atomic E-state index is -0.245. The van der Waals surface area contributed by atoms with E-state index in [0.717, 1.165) is 50.1 Å². The van der Waals surface area contributed by atoms with Gasteiger partial charge in [0.15, 0.2) is 0 Å². The molecule has 1 aromatic carbocycles. The second-order valence-electron chi connectivity index (χ2n) is 6.35. The normalized spacial score (nSPS) is 18.4. The highest BCUT2D eigenvalue weighted by Gasteiger charge is 2.24. The first kappa shape index (κ1) is 15.6. The predicted octanol–water partition coefficient (Wildman–Crippen LogP) is 2.39. The average Bonchev–Trinajstić information content (AvgIpc) is 3.17. The molecule has 2 fully saturated rings. The zero-order valence-corrected chi connectivity index (χ0v) is 13.5. The van der Waals surface area contributed by atoms with Gasteiger partial charge < -0.3 is 20.9 Å². The van der Waals surface area contributed by atoms with Crippen LogP contribution in [0.3, 0.4) is 0 Å². The Hall–Kier alpha value is -2.24. The minimum absolute atomic E-state index is 0.147. The number of carbonyl (C=O) groups excluding carboxylic acids is 2. The Morgan fingerprint density at radius 2 is 1.70 bits per heavy atom. The van der Waals surface area contributed by atoms with E-state index in [2.05, 4.69) is 16.0 Å². The van der Waals surface area contributed by atoms with Gasteiger partial charge >= 0.3 is 6.03 Å². The van der Waals surface area contributed by atoms with E-state index in [9.17, 15) is 9.59 Å². The smallest absolute Gasteiger partial charge is 0.319 e. The molecule has 1 saturated heterocycles. The Morgan fingerprint density at radius 3 is 2.30 bits per heavy atom. The highest BCUT2D eigenvalue weighted by atomic mass is 16.2. The van der Waals surface area contributed by atoms with Crippen LogP contribution in [0.15, 0.2) is 24.3 Å². The largest absolute Gasteiger partial charge is 0.374 e. The number of carbonyl (C=O) groups is 2. The van der Waals surface area contributed by atoms with Crippen LogP contribution in [0.4, 0.5) is 16.2 Å². The Morgan fingerprint density at radius 1 is 1.09 bits per heavy atom. The summed E-state index contributed by atoms with van der Waals surface area (Å²) in [6.07, 6.45) is 4.34. The van der Waals surface area contributed by atoms with Crippen LogP contribution in [0.5, 0.6) is 0 Å². The first-order valence-electron chi connectivity index (χ1n) is 8.35. The molecule has 0 radical (unpaired) electrons. The summed E-state index contributed by atoms with van der Waals surface area (Å²) in [6.45, 7) is 3.61. The number of rotatable bonds is 5. The molecule has 0 bridgehead atoms. The molecule has 1 atom stereocenters. The molecule has 3 amide bonds. The summed E-state index contributed by atoms with van der Waals surface area (Å²) in [4.78, 5) is 25.9. The standard InChI is InChI=1S/C17H24N4O2/c1-12(16(22)21-10-2-3-11-21)18-13-4-6-14(7-5-13)19-17(23)20-15-8-9-15/h4-7,12,15,18H,2-3,8-11H2,1H3,(H2,19,20,23)/t12-/m1/s1. The fraction of sp³-hybridized carbons (Fsp3) is 0.529. The second kappa shape index (κ2) is 6.89. The molecule has 124 valence electrons. The molecule has 1 aliphatic heterocycles. The maximum Gasteiger partial charge on any atom is 0.319 e. The summed E-state index contributed by atoms with van der Waals surface area (Å²) in [7, 11) is 0. The number of urea groups is 1. The van der Waals surface area contributed by atoms with E-state index in [1.807, 2.05) is 36.1 Å². The van der Waals surface area contributed by atoms with Crippen LogP contribution in [-0.4, -0.2) is 42.0 Å². The number of likely N-dealkylation sites (tertiary alicyclic amines) is 1. The lowest BCUT2D eigenvalue weighted by molar-refractivity contribution is -0.130. The highest BCUT2D eigenvalue weighted by Crippen LogP contribution is 2.19. The topological polar surface area (TPSA) is 73.5 Å². The van der Waals surface area contributed by atoms with E-state index in [0.29, 0.717) is 6.04 Å². The van der Waals surface area contributed by atoms with Crippen LogP contribution in [-0.2, 0) is 4.79 Å². The van der Waals surface area contributed by atoms with Gasteiger partial charge in [-0.3, -0.25) is 4.79 Å². The Balaban J connectivity index is 1.49. The van der Waals surface area contributed by atoms with Crippen LogP contribution in [0.25, 0.3) is 0 Å². The number of hydrogen-bond donors (Lipinski definition) is 3. The first-order chi connectivity index (χ1) is 11.1. The van der Waals surface area contributed by atoms with Gasteiger partial charge in [-0.2, -0.15) is 0 Å². The van der Waals surface area contributed by atoms with Crippen LogP contribution < -0.4 is 16.0 Å². The molecule has 23 heavy (non-hydrogen) atoms. The SMILES string of the molecule is C[C@@H](Nc1ccc(NC(=O)NC2CC2)cc1)C(=O)N1CCCC1. The average molecular weight is 316 g/mol. The summed E-state index contributed by atoms with van der Waals surface area (Å²) in [5.74, 6) is 0.147. The lowest BCUT2D eigenvalue weighted by atomic mass is 10.2. The van der Waals surface area contributed by atoms with E-state index < -0.39 is 0 Å². The molecule has 3 rings (SSSR count). The van der Waals surface area contributed by atoms with Crippen molar-refractivity contribution in [1.82, 2.24) is 10.2 Å². The molecule has 0 spiro atoms. The second-order valence-corrected chi connectivity index (χ2v) is 6.35. The number of nitrogens with zero attached hydrogens (tertiary/aromatic N) is 1. The Kier molecular flexibility index (Phi) is 4.69. The molecule has 2 aliphatic rings. The van der Waals surface area contributed by atoms with Crippen molar-refractivity contribution in [3.8, 4) is 0 Å². The number of anilines is 2. The number of hydrogen-bond acceptors (Lipinski definition) is 3. The third-order valence-corrected chi connectivity index (χ3v) is 4.23. The number of amides is 3. The van der Waals surface area contributed by atoms with Crippen molar-refractivity contribution in [3.05, 3.63) is 24.3 Å². The van der Waals surface area contributed by atoms with Gasteiger partial charge in [-0.15, -0.1) is 0 Å². The van der Waals surface area contributed by atoms with Gasteiger partial charge in [0.05, 0.1) is 0 Å². The summed E-state index contributed by atoms with van der Waals surface area (Å²) in [5, 5.41) is 8.91. The van der Waals surface area contributed by atoms with Gasteiger partial charge in [-0.25, -0.2) is 4.79 Å². The van der Waals surface area contributed by atoms with Crippen molar-refractivity contribution in [1.29, 1.82) is 0 Å². The summed E-state index contributed by atoms with van der Waals surface area (Å²) >= 11 is 0. The lowest BCUT2D eigenvalue weighted by Gasteiger charge is -2.22. The van der Waals surface area contributed by atoms with Crippen molar-refractivity contribution in [2.75, 3.05) is 23.7 Å². The molecule has 1 heterocycles. The molecular weight excluding hydrogens is 292 g/mol. The zero-order chi connectivity index (χ0) is 16.2. The van der Waals surface area contributed by atoms with Crippen molar-refractivity contribution < 1.29 is 9.59 Å². The third kappa shape index (κ3) is 4.37. The maximum atomic E-state index is 12.3. The summed E-state index contributed by atoms with van der Waals surface area (Å²) < 4.78 is 0. The predicted molar refractivity (Wildman–Crippen MR) is 90.5 cm³/mol. The lowest BCUT2D eigenvalue weighted by Crippen LogP contribution is -2.39. The quantitative estimate of drug-likeness (QED) is 0.781. The van der Waals surface area contributed by atoms with Crippen molar-refractivity contribution >= 4 is 23.3 Å². The molecule has 0 unspecified atom stereocenters. The van der Waals surface area contributed by atoms with Crippen LogP contribution in [0, 0.1) is 0 Å². The minimum Gasteiger partial charge on any atom is -0.374 e. The fourth-order valence-electron chi connectivity index (χ4n) is 2.75. The molecule has 1 aromatic rings. The molecular formula is C17H24N4O2. The molecule has 1 aliphatic carbocycles. The molecule has 3 N–H and O–H groups in total. The van der Waals surface area contributed by atoms with Crippen LogP contribution in [0.1, 0.15) is 32.6 Å². The first-order valence-corrected chi connectivity index (χ1v) is 8.35. The van der Waals surface area contributed by atoms with E-state index in [1.54, 1.807) is 0 Å². The molecule has 1 saturated carbocycles. The molecule has 0 aromatic heterocycles. The molecule has 6 nitrogen and oxygen atoms in total. The summed E-state index contributed by atoms with van der Waals surface area (Å²) in [5.41, 5.74) is 1.62. The van der Waals surface area contributed by atoms with E-state index >= 15 is 0 Å². The van der Waals surface area contributed by atoms with Crippen LogP contribution >= 0.6 is 0 Å². The Bertz CT molecular complexity index is 562. The van der Waals surface area contributed by atoms with Crippen molar-refractivity contribution in [2.24, 2.45) is 0 Å². The van der Waals surface area contributed by atoms with E-state index in [-0.39, 0.29) is 18.0 Å². The summed E-state index contributed by atoms with van der Waals surface area (Å²) in [6, 6.07) is 7.36. The Labute approximate surface area is 136 Å². The number of benzene rings is 1. The van der Waals surface area contributed by atoms with Gasteiger partial charge in [-0.05, 0) is 56.9 Å². The fourth-order valence-corrected chi connectivity index (χ4v) is 2.75. The van der Waals surface area contributed by atoms with Gasteiger partial charge in [0.25, 0.3) is 0 Å². The number of nitrogens with one attached hydrogen (secondary N) is 3. The van der Waals surface area contributed by atoms with E-state index in [1.165, 1.54) is 0 Å². The van der Waals surface area contributed by atoms with E-state index in [4.69, 9.17) is 0 Å². The van der Waals surface area contributed by atoms with Crippen molar-refractivity contribution in [3.63, 3.8) is 0 Å². The highest BCUT2D eigenvalue weighted by molar-refractivity contribution is 5.90. The van der Waals surface area contributed by atoms with Gasteiger partial charge in [0, 0.05) is 30.5 Å². The zero-order valence-electron chi connectivity index (χ0n) is 13.5. The monoisotopic (exact) mass is 316 g/mol. The third-order valence-electron chi connectivity index (χ3n) is 4.23. The maximum absolute atomic E-state index is 12.3. The van der Waals surface area contributed by atoms with Gasteiger partial charge in [0.1, 0.15) is 6.04 Å².